The molecule has 1 aromatic carbocycles. The minimum atomic E-state index is 0.235. The fourth-order valence-corrected chi connectivity index (χ4v) is 2.74. The number of nitrogens with one attached hydrogen (secondary N) is 2. The summed E-state index contributed by atoms with van der Waals surface area (Å²) in [5.41, 5.74) is 3.63. The SMILES string of the molecule is COc1cc(Br)c(/C=N\NC(=S)NC[C@@H]2CCCO2)cc1OC. The van der Waals surface area contributed by atoms with E-state index in [1.54, 1.807) is 20.4 Å². The van der Waals surface area contributed by atoms with Crippen molar-refractivity contribution in [3.63, 3.8) is 0 Å². The lowest BCUT2D eigenvalue weighted by Crippen LogP contribution is -2.37. The number of hydrazone groups is 1. The van der Waals surface area contributed by atoms with Gasteiger partial charge in [-0.05, 0) is 53.1 Å². The van der Waals surface area contributed by atoms with Gasteiger partial charge >= 0.3 is 0 Å². The molecule has 126 valence electrons. The Morgan fingerprint density at radius 3 is 2.83 bits per heavy atom. The zero-order valence-electron chi connectivity index (χ0n) is 13.1. The Morgan fingerprint density at radius 2 is 2.17 bits per heavy atom. The van der Waals surface area contributed by atoms with Crippen LogP contribution in [0.5, 0.6) is 11.5 Å². The fourth-order valence-electron chi connectivity index (χ4n) is 2.18. The van der Waals surface area contributed by atoms with Gasteiger partial charge < -0.3 is 19.5 Å². The summed E-state index contributed by atoms with van der Waals surface area (Å²) in [6.07, 6.45) is 4.07. The second-order valence-corrected chi connectivity index (χ2v) is 6.21. The normalized spacial score (nSPS) is 17.3. The number of thiocarbonyl (C=S) groups is 1. The molecule has 1 fully saturated rings. The first-order valence-electron chi connectivity index (χ1n) is 7.24. The van der Waals surface area contributed by atoms with Gasteiger partial charge in [-0.3, -0.25) is 5.43 Å². The van der Waals surface area contributed by atoms with Crippen molar-refractivity contribution in [2.24, 2.45) is 5.10 Å². The second kappa shape index (κ2) is 9.05. The van der Waals surface area contributed by atoms with Crippen molar-refractivity contribution < 1.29 is 14.2 Å². The van der Waals surface area contributed by atoms with Gasteiger partial charge in [-0.1, -0.05) is 0 Å². The predicted octanol–water partition coefficient (Wildman–Crippen LogP) is 2.44. The molecular weight excluding hydrogens is 382 g/mol. The van der Waals surface area contributed by atoms with Gasteiger partial charge in [-0.15, -0.1) is 0 Å². The summed E-state index contributed by atoms with van der Waals surface area (Å²) >= 11 is 8.65. The fraction of sp³-hybridized carbons (Fsp3) is 0.467. The highest BCUT2D eigenvalue weighted by Crippen LogP contribution is 2.32. The van der Waals surface area contributed by atoms with E-state index in [9.17, 15) is 0 Å². The van der Waals surface area contributed by atoms with E-state index in [0.29, 0.717) is 23.2 Å². The molecule has 0 aromatic heterocycles. The quantitative estimate of drug-likeness (QED) is 0.433. The first kappa shape index (κ1) is 18.0. The number of methoxy groups -OCH3 is 2. The van der Waals surface area contributed by atoms with Crippen LogP contribution >= 0.6 is 28.1 Å². The number of benzene rings is 1. The second-order valence-electron chi connectivity index (χ2n) is 4.94. The van der Waals surface area contributed by atoms with Gasteiger partial charge in [0.2, 0.25) is 0 Å². The number of hydrogen-bond donors (Lipinski definition) is 2. The number of halogens is 1. The van der Waals surface area contributed by atoms with Crippen LogP contribution in [-0.4, -0.2) is 44.8 Å². The smallest absolute Gasteiger partial charge is 0.187 e. The third-order valence-electron chi connectivity index (χ3n) is 3.39. The van der Waals surface area contributed by atoms with Crippen molar-refractivity contribution in [2.45, 2.75) is 18.9 Å². The average molecular weight is 402 g/mol. The molecule has 8 heteroatoms. The molecule has 23 heavy (non-hydrogen) atoms. The molecule has 0 saturated carbocycles. The van der Waals surface area contributed by atoms with Crippen molar-refractivity contribution in [1.82, 2.24) is 10.7 Å². The average Bonchev–Trinajstić information content (AvgIpc) is 3.07. The van der Waals surface area contributed by atoms with Crippen LogP contribution in [0, 0.1) is 0 Å². The molecule has 0 spiro atoms. The minimum absolute atomic E-state index is 0.235. The molecule has 0 amide bonds. The molecule has 0 radical (unpaired) electrons. The summed E-state index contributed by atoms with van der Waals surface area (Å²) in [5.74, 6) is 1.29. The summed E-state index contributed by atoms with van der Waals surface area (Å²) in [4.78, 5) is 0. The van der Waals surface area contributed by atoms with E-state index in [1.165, 1.54) is 0 Å². The van der Waals surface area contributed by atoms with Crippen molar-refractivity contribution in [3.8, 4) is 11.5 Å². The van der Waals surface area contributed by atoms with Crippen LogP contribution in [0.3, 0.4) is 0 Å². The van der Waals surface area contributed by atoms with E-state index < -0.39 is 0 Å². The van der Waals surface area contributed by atoms with Gasteiger partial charge in [-0.25, -0.2) is 0 Å². The lowest BCUT2D eigenvalue weighted by molar-refractivity contribution is 0.114. The van der Waals surface area contributed by atoms with Crippen LogP contribution in [0.15, 0.2) is 21.7 Å². The molecule has 2 N–H and O–H groups in total. The Balaban J connectivity index is 1.88. The summed E-state index contributed by atoms with van der Waals surface area (Å²) in [6.45, 7) is 1.53. The van der Waals surface area contributed by atoms with E-state index in [1.807, 2.05) is 12.1 Å². The van der Waals surface area contributed by atoms with Gasteiger partial charge in [0.15, 0.2) is 16.6 Å². The molecule has 1 heterocycles. The summed E-state index contributed by atoms with van der Waals surface area (Å²) < 4.78 is 16.9. The maximum Gasteiger partial charge on any atom is 0.187 e. The first-order chi connectivity index (χ1) is 11.1. The number of hydrogen-bond acceptors (Lipinski definition) is 5. The zero-order valence-corrected chi connectivity index (χ0v) is 15.5. The van der Waals surface area contributed by atoms with Gasteiger partial charge in [0.05, 0.1) is 26.5 Å². The minimum Gasteiger partial charge on any atom is -0.493 e. The van der Waals surface area contributed by atoms with Crippen LogP contribution in [0.4, 0.5) is 0 Å². The highest BCUT2D eigenvalue weighted by molar-refractivity contribution is 9.10. The monoisotopic (exact) mass is 401 g/mol. The summed E-state index contributed by atoms with van der Waals surface area (Å²) in [6, 6.07) is 3.66. The maximum atomic E-state index is 5.52. The lowest BCUT2D eigenvalue weighted by Gasteiger charge is -2.12. The topological polar surface area (TPSA) is 64.1 Å². The first-order valence-corrected chi connectivity index (χ1v) is 8.44. The Kier molecular flexibility index (Phi) is 7.07. The third kappa shape index (κ3) is 5.33. The molecule has 2 rings (SSSR count). The summed E-state index contributed by atoms with van der Waals surface area (Å²) in [7, 11) is 3.19. The van der Waals surface area contributed by atoms with Gasteiger partial charge in [0.1, 0.15) is 0 Å². The van der Waals surface area contributed by atoms with Crippen molar-refractivity contribution in [1.29, 1.82) is 0 Å². The van der Waals surface area contributed by atoms with E-state index in [2.05, 4.69) is 31.8 Å². The molecule has 1 aromatic rings. The standard InChI is InChI=1S/C15H20BrN3O3S/c1-20-13-6-10(12(16)7-14(13)21-2)8-18-19-15(23)17-9-11-4-3-5-22-11/h6-8,11H,3-5,9H2,1-2H3,(H2,17,19,23)/b18-8-/t11-/m0/s1. The largest absolute Gasteiger partial charge is 0.493 e. The van der Waals surface area contributed by atoms with E-state index in [4.69, 9.17) is 26.4 Å². The number of ether oxygens (including phenoxy) is 3. The molecule has 1 atom stereocenters. The Hall–Kier alpha value is -1.38. The van der Waals surface area contributed by atoms with Crippen LogP contribution in [0.2, 0.25) is 0 Å². The maximum absolute atomic E-state index is 5.52. The molecule has 0 bridgehead atoms. The molecule has 6 nitrogen and oxygen atoms in total. The van der Waals surface area contributed by atoms with Gasteiger partial charge in [0, 0.05) is 23.2 Å². The molecular formula is C15H20BrN3O3S. The highest BCUT2D eigenvalue weighted by atomic mass is 79.9. The zero-order chi connectivity index (χ0) is 16.7. The van der Waals surface area contributed by atoms with Gasteiger partial charge in [-0.2, -0.15) is 5.10 Å². The summed E-state index contributed by atoms with van der Waals surface area (Å²) in [5, 5.41) is 7.69. The number of nitrogens with zero attached hydrogens (tertiary/aromatic N) is 1. The van der Waals surface area contributed by atoms with Crippen LogP contribution < -0.4 is 20.2 Å². The highest BCUT2D eigenvalue weighted by Gasteiger charge is 2.15. The Labute approximate surface area is 149 Å². The van der Waals surface area contributed by atoms with E-state index in [0.717, 1.165) is 29.5 Å². The molecule has 0 unspecified atom stereocenters. The number of rotatable bonds is 6. The van der Waals surface area contributed by atoms with Crippen LogP contribution in [0.1, 0.15) is 18.4 Å². The van der Waals surface area contributed by atoms with E-state index in [-0.39, 0.29) is 6.10 Å². The van der Waals surface area contributed by atoms with Crippen molar-refractivity contribution in [2.75, 3.05) is 27.4 Å². The molecule has 1 aliphatic heterocycles. The van der Waals surface area contributed by atoms with E-state index >= 15 is 0 Å². The molecule has 1 saturated heterocycles. The Bertz CT molecular complexity index is 577. The molecule has 0 aliphatic carbocycles. The Morgan fingerprint density at radius 1 is 1.43 bits per heavy atom. The van der Waals surface area contributed by atoms with Crippen LogP contribution in [0.25, 0.3) is 0 Å². The third-order valence-corrected chi connectivity index (χ3v) is 4.31. The van der Waals surface area contributed by atoms with Crippen molar-refractivity contribution in [3.05, 3.63) is 22.2 Å². The van der Waals surface area contributed by atoms with Crippen molar-refractivity contribution >= 4 is 39.5 Å². The van der Waals surface area contributed by atoms with Crippen LogP contribution in [-0.2, 0) is 4.74 Å². The lowest BCUT2D eigenvalue weighted by atomic mass is 10.2. The van der Waals surface area contributed by atoms with Gasteiger partial charge in [0.25, 0.3) is 0 Å². The predicted molar refractivity (Wildman–Crippen MR) is 97.6 cm³/mol. The molecule has 1 aliphatic rings.